The molecule has 1 N–H and O–H groups in total. The molecule has 2 nitrogen and oxygen atoms in total. The van der Waals surface area contributed by atoms with Gasteiger partial charge in [-0.1, -0.05) is 0 Å². The van der Waals surface area contributed by atoms with Crippen LogP contribution in [-0.4, -0.2) is 37.6 Å². The van der Waals surface area contributed by atoms with Crippen molar-refractivity contribution in [3.05, 3.63) is 0 Å². The molecule has 0 aromatic carbocycles. The molecule has 3 heterocycles. The molecule has 0 aromatic rings. The van der Waals surface area contributed by atoms with Crippen molar-refractivity contribution in [2.24, 2.45) is 5.92 Å². The number of nitrogens with zero attached hydrogens (tertiary/aromatic N) is 1. The van der Waals surface area contributed by atoms with Crippen molar-refractivity contribution in [2.75, 3.05) is 32.7 Å². The molecule has 3 rings (SSSR count). The molecule has 0 aliphatic carbocycles. The lowest BCUT2D eigenvalue weighted by atomic mass is 10.0. The van der Waals surface area contributed by atoms with Crippen LogP contribution >= 0.6 is 0 Å². The Labute approximate surface area is 49.9 Å². The zero-order chi connectivity index (χ0) is 5.40. The Bertz CT molecular complexity index is 71.0. The maximum Gasteiger partial charge on any atom is 0.0107 e. The average molecular weight is 112 g/mol. The molecule has 0 radical (unpaired) electrons. The van der Waals surface area contributed by atoms with Crippen molar-refractivity contribution < 1.29 is 0 Å². The van der Waals surface area contributed by atoms with Gasteiger partial charge in [0.15, 0.2) is 0 Å². The van der Waals surface area contributed by atoms with Crippen molar-refractivity contribution >= 4 is 0 Å². The Morgan fingerprint density at radius 1 is 1.38 bits per heavy atom. The Morgan fingerprint density at radius 2 is 2.25 bits per heavy atom. The number of nitrogens with one attached hydrogen (secondary N) is 1. The topological polar surface area (TPSA) is 15.3 Å². The summed E-state index contributed by atoms with van der Waals surface area (Å²) in [5.41, 5.74) is 0. The molecule has 46 valence electrons. The third-order valence-electron chi connectivity index (χ3n) is 2.07. The van der Waals surface area contributed by atoms with Crippen LogP contribution in [-0.2, 0) is 0 Å². The molecule has 0 amide bonds. The Hall–Kier alpha value is -0.0800. The number of hydrogen-bond donors (Lipinski definition) is 1. The van der Waals surface area contributed by atoms with E-state index in [2.05, 4.69) is 10.2 Å². The molecular weight excluding hydrogens is 100 g/mol. The van der Waals surface area contributed by atoms with Crippen LogP contribution in [0.3, 0.4) is 0 Å². The summed E-state index contributed by atoms with van der Waals surface area (Å²) in [7, 11) is 0. The minimum Gasteiger partial charge on any atom is -0.315 e. The van der Waals surface area contributed by atoms with Gasteiger partial charge in [-0.25, -0.2) is 0 Å². The van der Waals surface area contributed by atoms with Gasteiger partial charge in [0.1, 0.15) is 0 Å². The van der Waals surface area contributed by atoms with Crippen LogP contribution in [0.4, 0.5) is 0 Å². The van der Waals surface area contributed by atoms with Gasteiger partial charge in [-0.2, -0.15) is 0 Å². The molecule has 3 saturated heterocycles. The van der Waals surface area contributed by atoms with E-state index < -0.39 is 0 Å². The molecule has 2 bridgehead atoms. The molecule has 0 aromatic heterocycles. The van der Waals surface area contributed by atoms with E-state index in [9.17, 15) is 0 Å². The Kier molecular flexibility index (Phi) is 1.02. The van der Waals surface area contributed by atoms with Gasteiger partial charge >= 0.3 is 0 Å². The van der Waals surface area contributed by atoms with Crippen molar-refractivity contribution in [1.82, 2.24) is 10.2 Å². The van der Waals surface area contributed by atoms with Gasteiger partial charge in [-0.3, -0.25) is 0 Å². The monoisotopic (exact) mass is 112 g/mol. The minimum atomic E-state index is 0.984. The second-order valence-electron chi connectivity index (χ2n) is 2.83. The smallest absolute Gasteiger partial charge is 0.0107 e. The highest BCUT2D eigenvalue weighted by molar-refractivity contribution is 4.84. The van der Waals surface area contributed by atoms with Gasteiger partial charge < -0.3 is 10.2 Å². The summed E-state index contributed by atoms with van der Waals surface area (Å²) in [6.07, 6.45) is 0. The van der Waals surface area contributed by atoms with Gasteiger partial charge in [-0.15, -0.1) is 0 Å². The highest BCUT2D eigenvalue weighted by atomic mass is 15.2. The second kappa shape index (κ2) is 1.71. The van der Waals surface area contributed by atoms with Crippen LogP contribution in [0.1, 0.15) is 0 Å². The van der Waals surface area contributed by atoms with Gasteiger partial charge in [-0.05, 0) is 5.92 Å². The third kappa shape index (κ3) is 0.644. The SMILES string of the molecule is C1CN2CC(CN1)C2. The molecule has 0 unspecified atom stereocenters. The predicted molar refractivity (Wildman–Crippen MR) is 32.8 cm³/mol. The molecule has 8 heavy (non-hydrogen) atoms. The van der Waals surface area contributed by atoms with Crippen molar-refractivity contribution in [3.63, 3.8) is 0 Å². The minimum absolute atomic E-state index is 0.984. The predicted octanol–water partition coefficient (Wildman–Crippen LogP) is -0.479. The van der Waals surface area contributed by atoms with E-state index in [-0.39, 0.29) is 0 Å². The summed E-state index contributed by atoms with van der Waals surface area (Å²) in [6.45, 7) is 6.45. The molecule has 0 spiro atoms. The summed E-state index contributed by atoms with van der Waals surface area (Å²) < 4.78 is 0. The Morgan fingerprint density at radius 3 is 3.12 bits per heavy atom. The summed E-state index contributed by atoms with van der Waals surface area (Å²) in [4.78, 5) is 2.50. The fourth-order valence-electron chi connectivity index (χ4n) is 1.53. The Balaban J connectivity index is 1.95. The standard InChI is InChI=1S/C6H12N2/c1-2-8-4-6(5-8)3-7-1/h6-7H,1-5H2. The van der Waals surface area contributed by atoms with Crippen molar-refractivity contribution in [1.29, 1.82) is 0 Å². The summed E-state index contributed by atoms with van der Waals surface area (Å²) >= 11 is 0. The summed E-state index contributed by atoms with van der Waals surface area (Å²) in [5, 5.41) is 3.40. The lowest BCUT2D eigenvalue weighted by molar-refractivity contribution is 0.128. The molecule has 3 fully saturated rings. The molecule has 3 aliphatic heterocycles. The van der Waals surface area contributed by atoms with E-state index in [0.717, 1.165) is 5.92 Å². The van der Waals surface area contributed by atoms with Crippen LogP contribution in [0.15, 0.2) is 0 Å². The first-order chi connectivity index (χ1) is 3.95. The fraction of sp³-hybridized carbons (Fsp3) is 1.00. The zero-order valence-corrected chi connectivity index (χ0v) is 5.06. The first-order valence-electron chi connectivity index (χ1n) is 3.38. The quantitative estimate of drug-likeness (QED) is 0.455. The highest BCUT2D eigenvalue weighted by Gasteiger charge is 2.27. The van der Waals surface area contributed by atoms with E-state index >= 15 is 0 Å². The van der Waals surface area contributed by atoms with Crippen molar-refractivity contribution in [3.8, 4) is 0 Å². The maximum absolute atomic E-state index is 3.40. The van der Waals surface area contributed by atoms with E-state index in [1.165, 1.54) is 32.7 Å². The van der Waals surface area contributed by atoms with E-state index in [1.807, 2.05) is 0 Å². The average Bonchev–Trinajstić information content (AvgIpc) is 1.89. The van der Waals surface area contributed by atoms with E-state index in [4.69, 9.17) is 0 Å². The maximum atomic E-state index is 3.40. The van der Waals surface area contributed by atoms with Crippen LogP contribution in [0.5, 0.6) is 0 Å². The second-order valence-corrected chi connectivity index (χ2v) is 2.83. The van der Waals surface area contributed by atoms with Crippen LogP contribution < -0.4 is 5.32 Å². The molecular formula is C6H12N2. The van der Waals surface area contributed by atoms with Crippen LogP contribution in [0.2, 0.25) is 0 Å². The summed E-state index contributed by atoms with van der Waals surface area (Å²) in [6, 6.07) is 0. The number of rotatable bonds is 0. The lowest BCUT2D eigenvalue weighted by Crippen LogP contribution is -2.46. The number of hydrogen-bond acceptors (Lipinski definition) is 2. The lowest BCUT2D eigenvalue weighted by Gasteiger charge is -2.35. The number of fused-ring (bicyclic) bond motifs is 3. The molecule has 0 saturated carbocycles. The highest BCUT2D eigenvalue weighted by Crippen LogP contribution is 2.15. The molecule has 2 heteroatoms. The van der Waals surface area contributed by atoms with E-state index in [0.29, 0.717) is 0 Å². The van der Waals surface area contributed by atoms with Crippen LogP contribution in [0, 0.1) is 5.92 Å². The van der Waals surface area contributed by atoms with Crippen molar-refractivity contribution in [2.45, 2.75) is 0 Å². The fourth-order valence-corrected chi connectivity index (χ4v) is 1.53. The zero-order valence-electron chi connectivity index (χ0n) is 5.06. The largest absolute Gasteiger partial charge is 0.315 e. The molecule has 0 atom stereocenters. The molecule has 3 aliphatic rings. The van der Waals surface area contributed by atoms with Gasteiger partial charge in [0, 0.05) is 32.7 Å². The van der Waals surface area contributed by atoms with E-state index in [1.54, 1.807) is 0 Å². The van der Waals surface area contributed by atoms with Gasteiger partial charge in [0.05, 0.1) is 0 Å². The van der Waals surface area contributed by atoms with Crippen LogP contribution in [0.25, 0.3) is 0 Å². The summed E-state index contributed by atoms with van der Waals surface area (Å²) in [5.74, 6) is 0.984. The normalized spacial score (nSPS) is 45.0. The third-order valence-corrected chi connectivity index (χ3v) is 2.07. The van der Waals surface area contributed by atoms with Gasteiger partial charge in [0.2, 0.25) is 0 Å². The first kappa shape index (κ1) is 4.77. The first-order valence-corrected chi connectivity index (χ1v) is 3.38. The van der Waals surface area contributed by atoms with Gasteiger partial charge in [0.25, 0.3) is 0 Å².